The molecule has 0 aromatic carbocycles. The number of hydrogen-bond acceptors (Lipinski definition) is 5. The number of rotatable bonds is 2. The van der Waals surface area contributed by atoms with Gasteiger partial charge in [0.2, 0.25) is 0 Å². The van der Waals surface area contributed by atoms with Gasteiger partial charge in [0.1, 0.15) is 10.7 Å². The Bertz CT molecular complexity index is 506. The fraction of sp³-hybridized carbons (Fsp3) is 0.200. The molecule has 0 aliphatic rings. The third-order valence-electron chi connectivity index (χ3n) is 2.01. The Morgan fingerprint density at radius 2 is 2.19 bits per heavy atom. The van der Waals surface area contributed by atoms with Gasteiger partial charge in [0.15, 0.2) is 0 Å². The summed E-state index contributed by atoms with van der Waals surface area (Å²) in [5, 5.41) is 6.47. The van der Waals surface area contributed by atoms with Gasteiger partial charge in [-0.15, -0.1) is 5.10 Å². The van der Waals surface area contributed by atoms with Crippen molar-refractivity contribution in [1.29, 1.82) is 0 Å². The molecule has 1 amide bonds. The largest absolute Gasteiger partial charge is 0.306 e. The smallest absolute Gasteiger partial charge is 0.270 e. The van der Waals surface area contributed by atoms with Crippen molar-refractivity contribution in [3.05, 3.63) is 34.5 Å². The number of anilines is 1. The molecule has 2 aromatic rings. The zero-order valence-electron chi connectivity index (χ0n) is 8.89. The summed E-state index contributed by atoms with van der Waals surface area (Å²) < 4.78 is 3.71. The van der Waals surface area contributed by atoms with Crippen LogP contribution in [0, 0.1) is 13.8 Å². The predicted molar refractivity (Wildman–Crippen MR) is 61.6 cm³/mol. The number of aromatic nitrogens is 3. The average Bonchev–Trinajstić information content (AvgIpc) is 2.68. The van der Waals surface area contributed by atoms with Crippen LogP contribution in [0.15, 0.2) is 18.3 Å². The van der Waals surface area contributed by atoms with E-state index in [-0.39, 0.29) is 5.91 Å². The number of carbonyl (C=O) groups excluding carboxylic acids is 1. The van der Waals surface area contributed by atoms with Gasteiger partial charge in [0.25, 0.3) is 5.91 Å². The Balaban J connectivity index is 2.14. The summed E-state index contributed by atoms with van der Waals surface area (Å²) in [7, 11) is 0. The van der Waals surface area contributed by atoms with Gasteiger partial charge in [-0.1, -0.05) is 10.6 Å². The maximum absolute atomic E-state index is 11.8. The van der Waals surface area contributed by atoms with Gasteiger partial charge < -0.3 is 5.32 Å². The van der Waals surface area contributed by atoms with E-state index >= 15 is 0 Å². The molecule has 2 heterocycles. The maximum atomic E-state index is 11.8. The van der Waals surface area contributed by atoms with Crippen LogP contribution in [0.1, 0.15) is 20.9 Å². The van der Waals surface area contributed by atoms with Crippen LogP contribution in [-0.4, -0.2) is 20.5 Å². The van der Waals surface area contributed by atoms with Crippen molar-refractivity contribution >= 4 is 23.3 Å². The Morgan fingerprint density at radius 1 is 1.38 bits per heavy atom. The van der Waals surface area contributed by atoms with Gasteiger partial charge in [0, 0.05) is 6.20 Å². The lowest BCUT2D eigenvalue weighted by atomic mass is 10.3. The van der Waals surface area contributed by atoms with E-state index in [9.17, 15) is 4.79 Å². The van der Waals surface area contributed by atoms with Gasteiger partial charge in [-0.05, 0) is 37.0 Å². The molecule has 0 bridgehead atoms. The Morgan fingerprint density at radius 3 is 2.75 bits per heavy atom. The number of nitrogens with zero attached hydrogens (tertiary/aromatic N) is 3. The molecule has 0 atom stereocenters. The number of amides is 1. The summed E-state index contributed by atoms with van der Waals surface area (Å²) in [6.07, 6.45) is 1.70. The number of hydrogen-bond donors (Lipinski definition) is 1. The number of pyridine rings is 1. The minimum absolute atomic E-state index is 0.219. The predicted octanol–water partition coefficient (Wildman–Crippen LogP) is 1.80. The van der Waals surface area contributed by atoms with Crippen molar-refractivity contribution in [3.8, 4) is 0 Å². The Labute approximate surface area is 96.7 Å². The van der Waals surface area contributed by atoms with Crippen LogP contribution in [0.5, 0.6) is 0 Å². The second kappa shape index (κ2) is 4.36. The van der Waals surface area contributed by atoms with Gasteiger partial charge in [-0.3, -0.25) is 4.79 Å². The van der Waals surface area contributed by atoms with E-state index < -0.39 is 0 Å². The highest BCUT2D eigenvalue weighted by molar-refractivity contribution is 7.08. The maximum Gasteiger partial charge on any atom is 0.270 e. The van der Waals surface area contributed by atoms with E-state index in [1.807, 2.05) is 13.0 Å². The van der Waals surface area contributed by atoms with Crippen LogP contribution in [0.4, 0.5) is 5.82 Å². The second-order valence-corrected chi connectivity index (χ2v) is 4.12. The minimum Gasteiger partial charge on any atom is -0.306 e. The summed E-state index contributed by atoms with van der Waals surface area (Å²) in [4.78, 5) is 16.4. The Hall–Kier alpha value is -1.82. The summed E-state index contributed by atoms with van der Waals surface area (Å²) in [5.74, 6) is 0.312. The zero-order valence-corrected chi connectivity index (χ0v) is 9.71. The fourth-order valence-electron chi connectivity index (χ4n) is 1.15. The van der Waals surface area contributed by atoms with Gasteiger partial charge >= 0.3 is 0 Å². The van der Waals surface area contributed by atoms with Crippen molar-refractivity contribution in [2.45, 2.75) is 13.8 Å². The van der Waals surface area contributed by atoms with E-state index in [0.717, 1.165) is 17.1 Å². The summed E-state index contributed by atoms with van der Waals surface area (Å²) in [6, 6.07) is 3.65. The lowest BCUT2D eigenvalue weighted by Gasteiger charge is -2.02. The molecule has 0 aliphatic heterocycles. The van der Waals surface area contributed by atoms with Crippen LogP contribution >= 0.6 is 11.5 Å². The van der Waals surface area contributed by atoms with E-state index in [4.69, 9.17) is 0 Å². The SMILES string of the molecule is Cc1ccc(NC(=O)c2snnc2C)nc1. The number of carbonyl (C=O) groups is 1. The topological polar surface area (TPSA) is 67.8 Å². The molecule has 0 spiro atoms. The molecular weight excluding hydrogens is 224 g/mol. The lowest BCUT2D eigenvalue weighted by Crippen LogP contribution is -2.12. The molecule has 0 aliphatic carbocycles. The van der Waals surface area contributed by atoms with Crippen LogP contribution in [0.2, 0.25) is 0 Å². The first-order valence-electron chi connectivity index (χ1n) is 4.70. The number of nitrogens with one attached hydrogen (secondary N) is 1. The first-order valence-corrected chi connectivity index (χ1v) is 5.47. The lowest BCUT2D eigenvalue weighted by molar-refractivity contribution is 0.102. The quantitative estimate of drug-likeness (QED) is 0.860. The molecule has 0 saturated carbocycles. The fourth-order valence-corrected chi connectivity index (χ4v) is 1.71. The first-order chi connectivity index (χ1) is 7.66. The molecule has 0 saturated heterocycles. The van der Waals surface area contributed by atoms with E-state index in [1.54, 1.807) is 19.2 Å². The van der Waals surface area contributed by atoms with Crippen LogP contribution in [0.3, 0.4) is 0 Å². The third-order valence-corrected chi connectivity index (χ3v) is 2.84. The van der Waals surface area contributed by atoms with E-state index in [2.05, 4.69) is 19.9 Å². The molecule has 5 nitrogen and oxygen atoms in total. The third kappa shape index (κ3) is 2.22. The molecular formula is C10H10N4OS. The molecule has 16 heavy (non-hydrogen) atoms. The molecule has 2 rings (SSSR count). The van der Waals surface area contributed by atoms with Crippen LogP contribution in [0.25, 0.3) is 0 Å². The van der Waals surface area contributed by atoms with E-state index in [1.165, 1.54) is 0 Å². The molecule has 2 aromatic heterocycles. The minimum atomic E-state index is -0.219. The van der Waals surface area contributed by atoms with Crippen molar-refractivity contribution in [1.82, 2.24) is 14.6 Å². The molecule has 1 N–H and O–H groups in total. The van der Waals surface area contributed by atoms with Crippen molar-refractivity contribution in [2.75, 3.05) is 5.32 Å². The van der Waals surface area contributed by atoms with Gasteiger partial charge in [0.05, 0.1) is 5.69 Å². The van der Waals surface area contributed by atoms with Crippen LogP contribution < -0.4 is 5.32 Å². The Kier molecular flexibility index (Phi) is 2.91. The van der Waals surface area contributed by atoms with Gasteiger partial charge in [-0.2, -0.15) is 0 Å². The normalized spacial score (nSPS) is 10.1. The molecule has 6 heteroatoms. The van der Waals surface area contributed by atoms with Crippen molar-refractivity contribution in [2.24, 2.45) is 0 Å². The first kappa shape index (κ1) is 10.7. The molecule has 82 valence electrons. The molecule has 0 fully saturated rings. The molecule has 0 radical (unpaired) electrons. The highest BCUT2D eigenvalue weighted by Gasteiger charge is 2.13. The van der Waals surface area contributed by atoms with Crippen LogP contribution in [-0.2, 0) is 0 Å². The van der Waals surface area contributed by atoms with Crippen molar-refractivity contribution < 1.29 is 4.79 Å². The summed E-state index contributed by atoms with van der Waals surface area (Å²) in [6.45, 7) is 3.69. The highest BCUT2D eigenvalue weighted by atomic mass is 32.1. The average molecular weight is 234 g/mol. The van der Waals surface area contributed by atoms with Gasteiger partial charge in [-0.25, -0.2) is 4.98 Å². The monoisotopic (exact) mass is 234 g/mol. The number of aryl methyl sites for hydroxylation is 2. The van der Waals surface area contributed by atoms with Crippen molar-refractivity contribution in [3.63, 3.8) is 0 Å². The molecule has 0 unspecified atom stereocenters. The zero-order chi connectivity index (χ0) is 11.5. The standard InChI is InChI=1S/C10H10N4OS/c1-6-3-4-8(11-5-6)12-10(15)9-7(2)13-14-16-9/h3-5H,1-2H3,(H,11,12,15). The second-order valence-electron chi connectivity index (χ2n) is 3.36. The summed E-state index contributed by atoms with van der Waals surface area (Å²) in [5.41, 5.74) is 1.68. The highest BCUT2D eigenvalue weighted by Crippen LogP contribution is 2.12. The summed E-state index contributed by atoms with van der Waals surface area (Å²) >= 11 is 1.08. The van der Waals surface area contributed by atoms with E-state index in [0.29, 0.717) is 16.4 Å².